The third kappa shape index (κ3) is 7.92. The van der Waals surface area contributed by atoms with Crippen LogP contribution >= 0.6 is 0 Å². The number of ether oxygens (including phenoxy) is 1. The van der Waals surface area contributed by atoms with E-state index >= 15 is 0 Å². The summed E-state index contributed by atoms with van der Waals surface area (Å²) >= 11 is 0. The van der Waals surface area contributed by atoms with Gasteiger partial charge in [0.15, 0.2) is 0 Å². The smallest absolute Gasteiger partial charge is 0.253 e. The predicted octanol–water partition coefficient (Wildman–Crippen LogP) is 5.09. The summed E-state index contributed by atoms with van der Waals surface area (Å²) in [7, 11) is 1.61. The first kappa shape index (κ1) is 26.4. The number of rotatable bonds is 11. The molecule has 37 heavy (non-hydrogen) atoms. The highest BCUT2D eigenvalue weighted by atomic mass is 16.5. The summed E-state index contributed by atoms with van der Waals surface area (Å²) in [6.45, 7) is 2.68. The molecule has 3 aromatic carbocycles. The van der Waals surface area contributed by atoms with Crippen LogP contribution in [0.25, 0.3) is 0 Å². The highest BCUT2D eigenvalue weighted by Gasteiger charge is 2.24. The van der Waals surface area contributed by atoms with Gasteiger partial charge in [0.1, 0.15) is 0 Å². The van der Waals surface area contributed by atoms with Gasteiger partial charge in [-0.2, -0.15) is 0 Å². The van der Waals surface area contributed by atoms with Crippen molar-refractivity contribution < 1.29 is 14.3 Å². The second kappa shape index (κ2) is 13.6. The van der Waals surface area contributed by atoms with Crippen LogP contribution in [0.4, 0.5) is 11.4 Å². The molecule has 0 saturated carbocycles. The molecule has 0 bridgehead atoms. The number of carbonyl (C=O) groups excluding carboxylic acids is 2. The van der Waals surface area contributed by atoms with Crippen LogP contribution in [-0.2, 0) is 22.4 Å². The van der Waals surface area contributed by atoms with Crippen molar-refractivity contribution in [3.05, 3.63) is 95.6 Å². The molecule has 1 aliphatic heterocycles. The quantitative estimate of drug-likeness (QED) is 0.361. The predicted molar refractivity (Wildman–Crippen MR) is 149 cm³/mol. The van der Waals surface area contributed by atoms with Gasteiger partial charge in [-0.1, -0.05) is 60.7 Å². The van der Waals surface area contributed by atoms with E-state index in [0.717, 1.165) is 43.6 Å². The van der Waals surface area contributed by atoms with Gasteiger partial charge >= 0.3 is 0 Å². The molecule has 6 heteroatoms. The van der Waals surface area contributed by atoms with Gasteiger partial charge in [-0.3, -0.25) is 9.59 Å². The van der Waals surface area contributed by atoms with Crippen molar-refractivity contribution in [1.82, 2.24) is 5.32 Å². The lowest BCUT2D eigenvalue weighted by atomic mass is 9.89. The Labute approximate surface area is 220 Å². The molecule has 0 spiro atoms. The molecule has 2 amide bonds. The highest BCUT2D eigenvalue weighted by Crippen LogP contribution is 2.30. The first-order chi connectivity index (χ1) is 18.1. The fourth-order valence-electron chi connectivity index (χ4n) is 4.88. The summed E-state index contributed by atoms with van der Waals surface area (Å²) in [5.74, 6) is 0.420. The maximum absolute atomic E-state index is 13.1. The van der Waals surface area contributed by atoms with Crippen LogP contribution in [0.2, 0.25) is 0 Å². The Bertz CT molecular complexity index is 1140. The standard InChI is InChI=1S/C31H37N3O3/c1-37-21-18-32-31(36)28-23-27(33-30(35)15-12-24-8-4-2-5-9-24)13-14-29(28)34-19-16-26(17-20-34)22-25-10-6-3-7-11-25/h2-11,13-14,23,26H,12,15-22H2,1H3,(H,32,36)(H,33,35). The molecule has 1 saturated heterocycles. The number of methoxy groups -OCH3 is 1. The zero-order valence-electron chi connectivity index (χ0n) is 21.6. The fraction of sp³-hybridized carbons (Fsp3) is 0.355. The molecule has 0 atom stereocenters. The third-order valence-electron chi connectivity index (χ3n) is 6.92. The third-order valence-corrected chi connectivity index (χ3v) is 6.92. The maximum atomic E-state index is 13.1. The van der Waals surface area contributed by atoms with Gasteiger partial charge < -0.3 is 20.3 Å². The van der Waals surface area contributed by atoms with Crippen LogP contribution < -0.4 is 15.5 Å². The minimum Gasteiger partial charge on any atom is -0.383 e. The monoisotopic (exact) mass is 499 g/mol. The first-order valence-electron chi connectivity index (χ1n) is 13.2. The van der Waals surface area contributed by atoms with E-state index in [1.165, 1.54) is 5.56 Å². The Morgan fingerprint density at radius 3 is 2.27 bits per heavy atom. The van der Waals surface area contributed by atoms with Crippen LogP contribution in [0.15, 0.2) is 78.9 Å². The van der Waals surface area contributed by atoms with E-state index < -0.39 is 0 Å². The van der Waals surface area contributed by atoms with Gasteiger partial charge in [-0.25, -0.2) is 0 Å². The van der Waals surface area contributed by atoms with Crippen molar-refractivity contribution in [1.29, 1.82) is 0 Å². The van der Waals surface area contributed by atoms with Crippen molar-refractivity contribution in [2.24, 2.45) is 5.92 Å². The molecule has 3 aromatic rings. The first-order valence-corrected chi connectivity index (χ1v) is 13.2. The molecule has 0 aromatic heterocycles. The van der Waals surface area contributed by atoms with Crippen LogP contribution in [0.3, 0.4) is 0 Å². The van der Waals surface area contributed by atoms with Crippen molar-refractivity contribution in [2.75, 3.05) is 43.6 Å². The van der Waals surface area contributed by atoms with Gasteiger partial charge in [0, 0.05) is 44.5 Å². The van der Waals surface area contributed by atoms with E-state index in [9.17, 15) is 9.59 Å². The number of nitrogens with one attached hydrogen (secondary N) is 2. The number of hydrogen-bond donors (Lipinski definition) is 2. The number of amides is 2. The number of benzene rings is 3. The Hall–Kier alpha value is -3.64. The van der Waals surface area contributed by atoms with Gasteiger partial charge in [-0.05, 0) is 60.9 Å². The summed E-state index contributed by atoms with van der Waals surface area (Å²) in [5.41, 5.74) is 4.64. The number of anilines is 2. The molecule has 1 heterocycles. The number of hydrogen-bond acceptors (Lipinski definition) is 4. The lowest BCUT2D eigenvalue weighted by Gasteiger charge is -2.35. The van der Waals surface area contributed by atoms with E-state index in [4.69, 9.17) is 4.74 Å². The Morgan fingerprint density at radius 1 is 0.919 bits per heavy atom. The molecule has 2 N–H and O–H groups in total. The Balaban J connectivity index is 1.42. The highest BCUT2D eigenvalue weighted by molar-refractivity contribution is 6.02. The normalized spacial score (nSPS) is 13.8. The van der Waals surface area contributed by atoms with E-state index in [1.807, 2.05) is 42.5 Å². The van der Waals surface area contributed by atoms with Crippen molar-refractivity contribution in [3.8, 4) is 0 Å². The molecule has 0 aliphatic carbocycles. The van der Waals surface area contributed by atoms with Crippen LogP contribution in [-0.4, -0.2) is 45.2 Å². The SMILES string of the molecule is COCCNC(=O)c1cc(NC(=O)CCc2ccccc2)ccc1N1CCC(Cc2ccccc2)CC1. The average molecular weight is 500 g/mol. The van der Waals surface area contributed by atoms with Gasteiger partial charge in [0.2, 0.25) is 5.91 Å². The van der Waals surface area contributed by atoms with E-state index in [2.05, 4.69) is 45.9 Å². The van der Waals surface area contributed by atoms with Gasteiger partial charge in [0.25, 0.3) is 5.91 Å². The molecule has 4 rings (SSSR count). The second-order valence-corrected chi connectivity index (χ2v) is 9.63. The van der Waals surface area contributed by atoms with Crippen molar-refractivity contribution >= 4 is 23.2 Å². The molecular formula is C31H37N3O3. The average Bonchev–Trinajstić information content (AvgIpc) is 2.94. The van der Waals surface area contributed by atoms with Crippen LogP contribution in [0, 0.1) is 5.92 Å². The summed E-state index contributed by atoms with van der Waals surface area (Å²) < 4.78 is 5.09. The molecule has 0 radical (unpaired) electrons. The van der Waals surface area contributed by atoms with E-state index in [0.29, 0.717) is 43.2 Å². The Kier molecular flexibility index (Phi) is 9.72. The topological polar surface area (TPSA) is 70.7 Å². The molecule has 6 nitrogen and oxygen atoms in total. The minimum absolute atomic E-state index is 0.0657. The fourth-order valence-corrected chi connectivity index (χ4v) is 4.88. The van der Waals surface area contributed by atoms with Crippen LogP contribution in [0.5, 0.6) is 0 Å². The summed E-state index contributed by atoms with van der Waals surface area (Å²) in [4.78, 5) is 28.0. The zero-order valence-corrected chi connectivity index (χ0v) is 21.6. The maximum Gasteiger partial charge on any atom is 0.253 e. The van der Waals surface area contributed by atoms with Crippen molar-refractivity contribution in [2.45, 2.75) is 32.1 Å². The largest absolute Gasteiger partial charge is 0.383 e. The van der Waals surface area contributed by atoms with Gasteiger partial charge in [-0.15, -0.1) is 0 Å². The molecule has 1 fully saturated rings. The molecule has 1 aliphatic rings. The number of nitrogens with zero attached hydrogens (tertiary/aromatic N) is 1. The molecule has 194 valence electrons. The summed E-state index contributed by atoms with van der Waals surface area (Å²) in [6.07, 6.45) is 4.31. The molecular weight excluding hydrogens is 462 g/mol. The second-order valence-electron chi connectivity index (χ2n) is 9.63. The summed E-state index contributed by atoms with van der Waals surface area (Å²) in [5, 5.41) is 5.92. The van der Waals surface area contributed by atoms with Gasteiger partial charge in [0.05, 0.1) is 12.2 Å². The lowest BCUT2D eigenvalue weighted by molar-refractivity contribution is -0.116. The molecule has 0 unspecified atom stereocenters. The van der Waals surface area contributed by atoms with E-state index in [1.54, 1.807) is 13.2 Å². The minimum atomic E-state index is -0.154. The van der Waals surface area contributed by atoms with Crippen molar-refractivity contribution in [3.63, 3.8) is 0 Å². The lowest BCUT2D eigenvalue weighted by Crippen LogP contribution is -2.36. The van der Waals surface area contributed by atoms with E-state index in [-0.39, 0.29) is 11.8 Å². The summed E-state index contributed by atoms with van der Waals surface area (Å²) in [6, 6.07) is 26.3. The Morgan fingerprint density at radius 2 is 1.59 bits per heavy atom. The number of carbonyl (C=O) groups is 2. The zero-order chi connectivity index (χ0) is 25.9. The van der Waals surface area contributed by atoms with Crippen LogP contribution in [0.1, 0.15) is 40.7 Å². The number of piperidine rings is 1. The number of aryl methyl sites for hydroxylation is 1.